The van der Waals surface area contributed by atoms with E-state index in [4.69, 9.17) is 0 Å². The summed E-state index contributed by atoms with van der Waals surface area (Å²) in [6.07, 6.45) is 0.868. The van der Waals surface area contributed by atoms with Crippen LogP contribution in [0.5, 0.6) is 0 Å². The van der Waals surface area contributed by atoms with E-state index in [1.807, 2.05) is 24.7 Å². The number of hydrogen-bond donors (Lipinski definition) is 1. The number of aromatic nitrogens is 2. The van der Waals surface area contributed by atoms with E-state index >= 15 is 0 Å². The molecule has 2 rings (SSSR count). The summed E-state index contributed by atoms with van der Waals surface area (Å²) in [5.74, 6) is -0.228. The molecule has 0 spiro atoms. The van der Waals surface area contributed by atoms with Gasteiger partial charge in [0.05, 0.1) is 28.1 Å². The van der Waals surface area contributed by atoms with Crippen molar-refractivity contribution in [1.82, 2.24) is 9.78 Å². The largest absolute Gasteiger partial charge is 0.377 e. The molecule has 0 bridgehead atoms. The Kier molecular flexibility index (Phi) is 4.24. The van der Waals surface area contributed by atoms with Gasteiger partial charge in [-0.3, -0.25) is 4.68 Å². The molecule has 1 aromatic heterocycles. The molecular formula is C14H17BrFN3. The van der Waals surface area contributed by atoms with Crippen molar-refractivity contribution in [3.63, 3.8) is 0 Å². The number of rotatable bonds is 4. The van der Waals surface area contributed by atoms with Crippen molar-refractivity contribution in [2.24, 2.45) is 7.05 Å². The van der Waals surface area contributed by atoms with Crippen LogP contribution in [0.25, 0.3) is 0 Å². The number of halogens is 2. The van der Waals surface area contributed by atoms with Crippen LogP contribution in [0.15, 0.2) is 22.7 Å². The highest BCUT2D eigenvalue weighted by Gasteiger charge is 2.12. The maximum atomic E-state index is 13.7. The highest BCUT2D eigenvalue weighted by atomic mass is 79.9. The van der Waals surface area contributed by atoms with Gasteiger partial charge in [-0.15, -0.1) is 0 Å². The Morgan fingerprint density at radius 3 is 2.74 bits per heavy atom. The summed E-state index contributed by atoms with van der Waals surface area (Å²) in [6, 6.07) is 5.18. The fourth-order valence-electron chi connectivity index (χ4n) is 1.95. The number of aryl methyl sites for hydroxylation is 3. The van der Waals surface area contributed by atoms with Crippen molar-refractivity contribution in [3.8, 4) is 0 Å². The molecule has 1 aromatic carbocycles. The van der Waals surface area contributed by atoms with Crippen LogP contribution in [-0.4, -0.2) is 9.78 Å². The van der Waals surface area contributed by atoms with Gasteiger partial charge in [-0.05, 0) is 47.0 Å². The van der Waals surface area contributed by atoms with Crippen LogP contribution in [0.1, 0.15) is 23.9 Å². The quantitative estimate of drug-likeness (QED) is 0.926. The number of nitrogens with zero attached hydrogens (tertiary/aromatic N) is 2. The van der Waals surface area contributed by atoms with Gasteiger partial charge < -0.3 is 5.32 Å². The first-order chi connectivity index (χ1) is 9.02. The maximum absolute atomic E-state index is 13.7. The Hall–Kier alpha value is -1.36. The molecule has 3 nitrogen and oxygen atoms in total. The minimum atomic E-state index is -0.228. The lowest BCUT2D eigenvalue weighted by molar-refractivity contribution is 0.627. The normalized spacial score (nSPS) is 10.8. The van der Waals surface area contributed by atoms with Crippen molar-refractivity contribution in [2.45, 2.75) is 26.8 Å². The molecule has 1 heterocycles. The van der Waals surface area contributed by atoms with Gasteiger partial charge in [0.25, 0.3) is 0 Å². The number of hydrogen-bond acceptors (Lipinski definition) is 2. The molecule has 0 saturated heterocycles. The van der Waals surface area contributed by atoms with E-state index in [9.17, 15) is 4.39 Å². The minimum absolute atomic E-state index is 0.228. The summed E-state index contributed by atoms with van der Waals surface area (Å²) >= 11 is 3.55. The predicted molar refractivity (Wildman–Crippen MR) is 78.7 cm³/mol. The second-order valence-electron chi connectivity index (χ2n) is 4.52. The Balaban J connectivity index is 2.16. The lowest BCUT2D eigenvalue weighted by Crippen LogP contribution is -2.07. The monoisotopic (exact) mass is 325 g/mol. The fourth-order valence-corrected chi connectivity index (χ4v) is 2.71. The summed E-state index contributed by atoms with van der Waals surface area (Å²) in [5, 5.41) is 7.52. The molecule has 0 fully saturated rings. The van der Waals surface area contributed by atoms with Crippen molar-refractivity contribution >= 4 is 21.6 Å². The first-order valence-corrected chi connectivity index (χ1v) is 7.02. The Labute approximate surface area is 121 Å². The summed E-state index contributed by atoms with van der Waals surface area (Å²) in [5.41, 5.74) is 3.45. The summed E-state index contributed by atoms with van der Waals surface area (Å²) in [4.78, 5) is 0. The summed E-state index contributed by atoms with van der Waals surface area (Å²) in [6.45, 7) is 4.46. The van der Waals surface area contributed by atoms with Crippen molar-refractivity contribution in [3.05, 3.63) is 45.4 Å². The third-order valence-electron chi connectivity index (χ3n) is 3.07. The van der Waals surface area contributed by atoms with E-state index in [0.29, 0.717) is 12.2 Å². The van der Waals surface area contributed by atoms with E-state index in [0.717, 1.165) is 27.8 Å². The maximum Gasteiger partial charge on any atom is 0.146 e. The lowest BCUT2D eigenvalue weighted by atomic mass is 10.2. The van der Waals surface area contributed by atoms with Gasteiger partial charge in [-0.25, -0.2) is 4.39 Å². The van der Waals surface area contributed by atoms with Crippen LogP contribution in [0, 0.1) is 12.7 Å². The van der Waals surface area contributed by atoms with Gasteiger partial charge >= 0.3 is 0 Å². The molecule has 5 heteroatoms. The standard InChI is InChI=1S/C14H17BrFN3/c1-4-11-14(15)13(19(3)18-11)8-17-12-6-5-9(2)7-10(12)16/h5-7,17H,4,8H2,1-3H3. The molecule has 102 valence electrons. The fraction of sp³-hybridized carbons (Fsp3) is 0.357. The Morgan fingerprint density at radius 2 is 2.16 bits per heavy atom. The molecule has 0 aliphatic rings. The molecule has 0 unspecified atom stereocenters. The van der Waals surface area contributed by atoms with Gasteiger partial charge in [0, 0.05) is 7.05 Å². The molecular weight excluding hydrogens is 309 g/mol. The smallest absolute Gasteiger partial charge is 0.146 e. The van der Waals surface area contributed by atoms with Crippen LogP contribution in [0.2, 0.25) is 0 Å². The highest BCUT2D eigenvalue weighted by molar-refractivity contribution is 9.10. The van der Waals surface area contributed by atoms with Gasteiger partial charge in [-0.1, -0.05) is 13.0 Å². The van der Waals surface area contributed by atoms with E-state index < -0.39 is 0 Å². The molecule has 19 heavy (non-hydrogen) atoms. The van der Waals surface area contributed by atoms with Crippen molar-refractivity contribution in [1.29, 1.82) is 0 Å². The van der Waals surface area contributed by atoms with Crippen molar-refractivity contribution in [2.75, 3.05) is 5.32 Å². The van der Waals surface area contributed by atoms with E-state index in [2.05, 4.69) is 33.3 Å². The van der Waals surface area contributed by atoms with Crippen molar-refractivity contribution < 1.29 is 4.39 Å². The van der Waals surface area contributed by atoms with Crippen LogP contribution < -0.4 is 5.32 Å². The SMILES string of the molecule is CCc1nn(C)c(CNc2ccc(C)cc2F)c1Br. The average molecular weight is 326 g/mol. The first-order valence-electron chi connectivity index (χ1n) is 6.23. The molecule has 0 saturated carbocycles. The first kappa shape index (κ1) is 14.1. The average Bonchev–Trinajstić information content (AvgIpc) is 2.64. The molecule has 0 atom stereocenters. The predicted octanol–water partition coefficient (Wildman–Crippen LogP) is 3.80. The van der Waals surface area contributed by atoms with Gasteiger partial charge in [0.15, 0.2) is 0 Å². The van der Waals surface area contributed by atoms with E-state index in [1.54, 1.807) is 6.07 Å². The molecule has 0 aliphatic heterocycles. The zero-order valence-electron chi connectivity index (χ0n) is 11.3. The molecule has 0 amide bonds. The van der Waals surface area contributed by atoms with Gasteiger partial charge in [0.1, 0.15) is 5.82 Å². The second kappa shape index (κ2) is 5.74. The van der Waals surface area contributed by atoms with Gasteiger partial charge in [0.2, 0.25) is 0 Å². The molecule has 0 aliphatic carbocycles. The third kappa shape index (κ3) is 2.97. The summed E-state index contributed by atoms with van der Waals surface area (Å²) < 4.78 is 16.5. The Bertz CT molecular complexity index is 593. The van der Waals surface area contributed by atoms with Crippen LogP contribution >= 0.6 is 15.9 Å². The molecule has 1 N–H and O–H groups in total. The number of benzene rings is 1. The number of nitrogens with one attached hydrogen (secondary N) is 1. The highest BCUT2D eigenvalue weighted by Crippen LogP contribution is 2.23. The second-order valence-corrected chi connectivity index (χ2v) is 5.31. The van der Waals surface area contributed by atoms with Crippen LogP contribution in [0.3, 0.4) is 0 Å². The molecule has 0 radical (unpaired) electrons. The summed E-state index contributed by atoms with van der Waals surface area (Å²) in [7, 11) is 1.90. The van der Waals surface area contributed by atoms with Crippen LogP contribution in [-0.2, 0) is 20.0 Å². The topological polar surface area (TPSA) is 29.9 Å². The van der Waals surface area contributed by atoms with E-state index in [1.165, 1.54) is 6.07 Å². The van der Waals surface area contributed by atoms with Gasteiger partial charge in [-0.2, -0.15) is 5.10 Å². The third-order valence-corrected chi connectivity index (χ3v) is 3.99. The van der Waals surface area contributed by atoms with Crippen LogP contribution in [0.4, 0.5) is 10.1 Å². The molecule has 2 aromatic rings. The number of anilines is 1. The van der Waals surface area contributed by atoms with E-state index in [-0.39, 0.29) is 5.82 Å². The zero-order chi connectivity index (χ0) is 14.0. The zero-order valence-corrected chi connectivity index (χ0v) is 12.9. The Morgan fingerprint density at radius 1 is 1.42 bits per heavy atom. The minimum Gasteiger partial charge on any atom is -0.377 e. The lowest BCUT2D eigenvalue weighted by Gasteiger charge is -2.09.